The highest BCUT2D eigenvalue weighted by Gasteiger charge is 2.41. The summed E-state index contributed by atoms with van der Waals surface area (Å²) in [6.45, 7) is 1.71. The number of aliphatic hydroxyl groups is 1. The van der Waals surface area contributed by atoms with Crippen LogP contribution in [-0.2, 0) is 4.84 Å². The summed E-state index contributed by atoms with van der Waals surface area (Å²) in [6.07, 6.45) is 1.16. The monoisotopic (exact) mass is 508 g/mol. The van der Waals surface area contributed by atoms with Gasteiger partial charge in [0, 0.05) is 9.26 Å². The van der Waals surface area contributed by atoms with E-state index in [0.717, 1.165) is 15.2 Å². The minimum atomic E-state index is -1.27. The standard InChI is InChI=1S/C18H16ClF2IN2O3/c1-9-6-10(22)2-3-13(9)23-16-11(7-12(19)14(20)15(16)21)17(25)24-27-8-18(26)4-5-18/h2-3,6-7,23,26H,4-5,8H2,1H3,(H,24,25). The maximum Gasteiger partial charge on any atom is 0.277 e. The summed E-state index contributed by atoms with van der Waals surface area (Å²) in [5, 5.41) is 12.0. The van der Waals surface area contributed by atoms with Crippen molar-refractivity contribution in [2.45, 2.75) is 25.4 Å². The average molecular weight is 509 g/mol. The first-order valence-corrected chi connectivity index (χ1v) is 9.51. The molecule has 0 unspecified atom stereocenters. The molecule has 0 spiro atoms. The van der Waals surface area contributed by atoms with Crippen LogP contribution in [0.25, 0.3) is 0 Å². The van der Waals surface area contributed by atoms with Gasteiger partial charge in [-0.3, -0.25) is 9.63 Å². The lowest BCUT2D eigenvalue weighted by Crippen LogP contribution is -2.30. The third-order valence-corrected chi connectivity index (χ3v) is 5.13. The number of hydroxylamine groups is 1. The normalized spacial score (nSPS) is 14.7. The number of halogens is 4. The molecule has 27 heavy (non-hydrogen) atoms. The zero-order valence-electron chi connectivity index (χ0n) is 14.2. The van der Waals surface area contributed by atoms with Gasteiger partial charge in [-0.1, -0.05) is 11.6 Å². The Kier molecular flexibility index (Phi) is 5.90. The number of hydrogen-bond donors (Lipinski definition) is 3. The predicted molar refractivity (Wildman–Crippen MR) is 106 cm³/mol. The van der Waals surface area contributed by atoms with Gasteiger partial charge in [0.05, 0.1) is 21.9 Å². The maximum absolute atomic E-state index is 14.5. The van der Waals surface area contributed by atoms with Crippen molar-refractivity contribution in [2.24, 2.45) is 0 Å². The van der Waals surface area contributed by atoms with Crippen LogP contribution in [0.15, 0.2) is 24.3 Å². The number of amides is 1. The number of hydrogen-bond acceptors (Lipinski definition) is 4. The Morgan fingerprint density at radius 3 is 2.67 bits per heavy atom. The van der Waals surface area contributed by atoms with E-state index in [1.54, 1.807) is 19.1 Å². The molecule has 1 saturated carbocycles. The van der Waals surface area contributed by atoms with Crippen LogP contribution in [0.3, 0.4) is 0 Å². The second kappa shape index (κ2) is 7.86. The van der Waals surface area contributed by atoms with E-state index < -0.39 is 28.2 Å². The molecule has 0 saturated heterocycles. The van der Waals surface area contributed by atoms with Crippen molar-refractivity contribution in [1.29, 1.82) is 0 Å². The van der Waals surface area contributed by atoms with E-state index in [0.29, 0.717) is 18.5 Å². The largest absolute Gasteiger partial charge is 0.387 e. The average Bonchev–Trinajstić information content (AvgIpc) is 3.34. The van der Waals surface area contributed by atoms with Crippen molar-refractivity contribution in [3.05, 3.63) is 55.6 Å². The lowest BCUT2D eigenvalue weighted by molar-refractivity contribution is -0.0230. The summed E-state index contributed by atoms with van der Waals surface area (Å²) >= 11 is 7.84. The number of anilines is 2. The third kappa shape index (κ3) is 4.68. The van der Waals surface area contributed by atoms with Gasteiger partial charge in [-0.15, -0.1) is 0 Å². The highest BCUT2D eigenvalue weighted by Crippen LogP contribution is 2.35. The zero-order valence-corrected chi connectivity index (χ0v) is 17.1. The topological polar surface area (TPSA) is 70.6 Å². The van der Waals surface area contributed by atoms with Gasteiger partial charge in [-0.25, -0.2) is 14.3 Å². The number of nitrogens with one attached hydrogen (secondary N) is 2. The smallest absolute Gasteiger partial charge is 0.277 e. The van der Waals surface area contributed by atoms with Crippen LogP contribution in [0.5, 0.6) is 0 Å². The Morgan fingerprint density at radius 2 is 2.04 bits per heavy atom. The summed E-state index contributed by atoms with van der Waals surface area (Å²) in [4.78, 5) is 17.4. The van der Waals surface area contributed by atoms with E-state index in [4.69, 9.17) is 16.4 Å². The summed E-state index contributed by atoms with van der Waals surface area (Å²) in [5.41, 5.74) is 1.92. The molecule has 5 nitrogen and oxygen atoms in total. The van der Waals surface area contributed by atoms with Gasteiger partial charge in [-0.2, -0.15) is 0 Å². The maximum atomic E-state index is 14.5. The molecule has 0 aliphatic heterocycles. The van der Waals surface area contributed by atoms with Crippen LogP contribution in [0, 0.1) is 22.1 Å². The van der Waals surface area contributed by atoms with Gasteiger partial charge in [0.25, 0.3) is 5.91 Å². The number of rotatable bonds is 6. The molecule has 0 heterocycles. The molecule has 1 aliphatic rings. The van der Waals surface area contributed by atoms with Crippen LogP contribution in [0.1, 0.15) is 28.8 Å². The van der Waals surface area contributed by atoms with Gasteiger partial charge in [0.1, 0.15) is 6.61 Å². The van der Waals surface area contributed by atoms with Crippen molar-refractivity contribution in [3.63, 3.8) is 0 Å². The molecule has 2 aromatic rings. The van der Waals surface area contributed by atoms with Crippen molar-refractivity contribution in [3.8, 4) is 0 Å². The molecule has 0 bridgehead atoms. The van der Waals surface area contributed by atoms with Gasteiger partial charge in [0.15, 0.2) is 11.6 Å². The molecule has 0 radical (unpaired) electrons. The number of benzene rings is 2. The van der Waals surface area contributed by atoms with E-state index in [9.17, 15) is 18.7 Å². The van der Waals surface area contributed by atoms with Crippen molar-refractivity contribution >= 4 is 51.5 Å². The third-order valence-electron chi connectivity index (χ3n) is 4.19. The molecular weight excluding hydrogens is 493 g/mol. The lowest BCUT2D eigenvalue weighted by atomic mass is 10.1. The summed E-state index contributed by atoms with van der Waals surface area (Å²) in [7, 11) is 0. The molecule has 1 amide bonds. The van der Waals surface area contributed by atoms with Gasteiger partial charge in [0.2, 0.25) is 0 Å². The molecule has 1 aliphatic carbocycles. The Balaban J connectivity index is 1.88. The Labute approximate surface area is 173 Å². The summed E-state index contributed by atoms with van der Waals surface area (Å²) < 4.78 is 29.5. The lowest BCUT2D eigenvalue weighted by Gasteiger charge is -2.16. The summed E-state index contributed by atoms with van der Waals surface area (Å²) in [6, 6.07) is 6.37. The Morgan fingerprint density at radius 1 is 1.33 bits per heavy atom. The Bertz CT molecular complexity index is 907. The fraction of sp³-hybridized carbons (Fsp3) is 0.278. The first kappa shape index (κ1) is 20.2. The molecule has 0 atom stereocenters. The molecule has 144 valence electrons. The van der Waals surface area contributed by atoms with E-state index in [1.165, 1.54) is 0 Å². The molecule has 3 rings (SSSR count). The summed E-state index contributed by atoms with van der Waals surface area (Å²) in [5.74, 6) is -3.34. The van der Waals surface area contributed by atoms with Crippen LogP contribution in [0.4, 0.5) is 20.2 Å². The molecule has 9 heteroatoms. The minimum absolute atomic E-state index is 0.0882. The van der Waals surface area contributed by atoms with Crippen LogP contribution < -0.4 is 10.8 Å². The van der Waals surface area contributed by atoms with E-state index in [2.05, 4.69) is 33.4 Å². The van der Waals surface area contributed by atoms with E-state index in [1.807, 2.05) is 6.07 Å². The van der Waals surface area contributed by atoms with Crippen LogP contribution in [-0.4, -0.2) is 23.2 Å². The van der Waals surface area contributed by atoms with E-state index >= 15 is 0 Å². The van der Waals surface area contributed by atoms with Gasteiger partial charge in [-0.05, 0) is 72.2 Å². The highest BCUT2D eigenvalue weighted by molar-refractivity contribution is 14.1. The first-order valence-electron chi connectivity index (χ1n) is 8.05. The number of carbonyl (C=O) groups is 1. The highest BCUT2D eigenvalue weighted by atomic mass is 127. The van der Waals surface area contributed by atoms with Crippen molar-refractivity contribution < 1.29 is 23.5 Å². The van der Waals surface area contributed by atoms with Crippen LogP contribution in [0.2, 0.25) is 5.02 Å². The first-order chi connectivity index (χ1) is 12.7. The molecular formula is C18H16ClF2IN2O3. The fourth-order valence-corrected chi connectivity index (χ4v) is 3.22. The van der Waals surface area contributed by atoms with E-state index in [-0.39, 0.29) is 17.9 Å². The number of carbonyl (C=O) groups excluding carboxylic acids is 1. The quantitative estimate of drug-likeness (QED) is 0.306. The molecule has 3 N–H and O–H groups in total. The molecule has 0 aromatic heterocycles. The second-order valence-corrected chi connectivity index (χ2v) is 8.09. The van der Waals surface area contributed by atoms with Crippen LogP contribution >= 0.6 is 34.2 Å². The van der Waals surface area contributed by atoms with Gasteiger partial charge >= 0.3 is 0 Å². The predicted octanol–water partition coefficient (Wildman–Crippen LogP) is 4.46. The molecule has 2 aromatic carbocycles. The van der Waals surface area contributed by atoms with Crippen molar-refractivity contribution in [1.82, 2.24) is 5.48 Å². The second-order valence-electron chi connectivity index (χ2n) is 6.44. The van der Waals surface area contributed by atoms with Gasteiger partial charge < -0.3 is 10.4 Å². The molecule has 1 fully saturated rings. The fourth-order valence-electron chi connectivity index (χ4n) is 2.38. The minimum Gasteiger partial charge on any atom is -0.387 e. The Hall–Kier alpha value is -1.49. The van der Waals surface area contributed by atoms with Crippen molar-refractivity contribution in [2.75, 3.05) is 11.9 Å². The number of aryl methyl sites for hydroxylation is 1. The zero-order chi connectivity index (χ0) is 19.8. The SMILES string of the molecule is Cc1cc(I)ccc1Nc1c(C(=O)NOCC2(O)CC2)cc(Cl)c(F)c1F.